The second-order valence-corrected chi connectivity index (χ2v) is 2.40. The number of aromatic nitrogens is 2. The number of hydrogen-bond donors (Lipinski definition) is 2. The van der Waals surface area contributed by atoms with Crippen LogP contribution in [0.25, 0.3) is 11.2 Å². The predicted molar refractivity (Wildman–Crippen MR) is 43.2 cm³/mol. The summed E-state index contributed by atoms with van der Waals surface area (Å²) in [5.74, 6) is -1.07. The van der Waals surface area contributed by atoms with Crippen molar-refractivity contribution in [3.8, 4) is 0 Å². The Hall–Kier alpha value is -2.11. The van der Waals surface area contributed by atoms with E-state index in [1.165, 1.54) is 12.3 Å². The van der Waals surface area contributed by atoms with Crippen LogP contribution >= 0.6 is 0 Å². The minimum absolute atomic E-state index is 0.0231. The van der Waals surface area contributed by atoms with Crippen LogP contribution in [0.15, 0.2) is 16.7 Å². The average molecular weight is 179 g/mol. The molecule has 0 radical (unpaired) electrons. The van der Waals surface area contributed by atoms with Crippen LogP contribution in [0.2, 0.25) is 0 Å². The SMILES string of the molecule is Nc1nc2ncc(C(=O)O)cc2o1. The summed E-state index contributed by atoms with van der Waals surface area (Å²) in [6.45, 7) is 0. The van der Waals surface area contributed by atoms with Gasteiger partial charge in [0.1, 0.15) is 0 Å². The first-order valence-corrected chi connectivity index (χ1v) is 3.42. The van der Waals surface area contributed by atoms with Crippen molar-refractivity contribution in [2.45, 2.75) is 0 Å². The lowest BCUT2D eigenvalue weighted by atomic mass is 10.3. The van der Waals surface area contributed by atoms with Gasteiger partial charge in [-0.25, -0.2) is 9.78 Å². The predicted octanol–water partition coefficient (Wildman–Crippen LogP) is 0.503. The molecule has 3 N–H and O–H groups in total. The number of carboxylic acid groups (broad SMARTS) is 1. The molecule has 13 heavy (non-hydrogen) atoms. The smallest absolute Gasteiger partial charge is 0.337 e. The van der Waals surface area contributed by atoms with Crippen molar-refractivity contribution in [1.29, 1.82) is 0 Å². The number of hydrogen-bond acceptors (Lipinski definition) is 5. The number of nitrogens with zero attached hydrogens (tertiary/aromatic N) is 2. The van der Waals surface area contributed by atoms with Gasteiger partial charge in [0.15, 0.2) is 5.58 Å². The fourth-order valence-corrected chi connectivity index (χ4v) is 0.953. The summed E-state index contributed by atoms with van der Waals surface area (Å²) in [6, 6.07) is 1.30. The van der Waals surface area contributed by atoms with Crippen molar-refractivity contribution in [1.82, 2.24) is 9.97 Å². The molecule has 2 aromatic heterocycles. The minimum Gasteiger partial charge on any atom is -0.478 e. The lowest BCUT2D eigenvalue weighted by Crippen LogP contribution is -1.96. The van der Waals surface area contributed by atoms with E-state index in [2.05, 4.69) is 9.97 Å². The lowest BCUT2D eigenvalue weighted by Gasteiger charge is -1.90. The molecule has 0 aliphatic rings. The average Bonchev–Trinajstić information content (AvgIpc) is 2.42. The van der Waals surface area contributed by atoms with E-state index in [0.717, 1.165) is 0 Å². The quantitative estimate of drug-likeness (QED) is 0.660. The van der Waals surface area contributed by atoms with Crippen LogP contribution in [0.5, 0.6) is 0 Å². The van der Waals surface area contributed by atoms with E-state index in [0.29, 0.717) is 5.65 Å². The third-order valence-electron chi connectivity index (χ3n) is 1.51. The molecule has 0 aliphatic carbocycles. The number of nitrogens with two attached hydrogens (primary N) is 1. The number of oxazole rings is 1. The molecule has 66 valence electrons. The fourth-order valence-electron chi connectivity index (χ4n) is 0.953. The number of carbonyl (C=O) groups is 1. The standard InChI is InChI=1S/C7H5N3O3/c8-7-10-5-4(13-7)1-3(2-9-5)6(11)12/h1-2H,(H,11,12)(H2,8,9,10). The Morgan fingerprint density at radius 1 is 1.62 bits per heavy atom. The van der Waals surface area contributed by atoms with Crippen molar-refractivity contribution >= 4 is 23.2 Å². The van der Waals surface area contributed by atoms with Gasteiger partial charge in [-0.2, -0.15) is 4.98 Å². The van der Waals surface area contributed by atoms with Gasteiger partial charge in [0.25, 0.3) is 6.01 Å². The lowest BCUT2D eigenvalue weighted by molar-refractivity contribution is 0.0696. The first-order valence-electron chi connectivity index (χ1n) is 3.42. The molecule has 0 amide bonds. The molecule has 0 aliphatic heterocycles. The van der Waals surface area contributed by atoms with Gasteiger partial charge < -0.3 is 15.3 Å². The molecule has 0 atom stereocenters. The molecule has 0 saturated heterocycles. The van der Waals surface area contributed by atoms with Gasteiger partial charge in [-0.1, -0.05) is 0 Å². The number of fused-ring (bicyclic) bond motifs is 1. The number of nitrogen functional groups attached to an aromatic ring is 1. The molecular weight excluding hydrogens is 174 g/mol. The monoisotopic (exact) mass is 179 g/mol. The van der Waals surface area contributed by atoms with Gasteiger partial charge in [-0.05, 0) is 0 Å². The second kappa shape index (κ2) is 2.44. The van der Waals surface area contributed by atoms with Gasteiger partial charge in [0, 0.05) is 12.3 Å². The number of pyridine rings is 1. The molecule has 0 bridgehead atoms. The highest BCUT2D eigenvalue weighted by Gasteiger charge is 2.08. The summed E-state index contributed by atoms with van der Waals surface area (Å²) in [5, 5.41) is 8.62. The number of rotatable bonds is 1. The van der Waals surface area contributed by atoms with Gasteiger partial charge in [0.05, 0.1) is 5.56 Å². The Morgan fingerprint density at radius 2 is 2.38 bits per heavy atom. The van der Waals surface area contributed by atoms with Crippen LogP contribution in [0.3, 0.4) is 0 Å². The van der Waals surface area contributed by atoms with Gasteiger partial charge in [-0.3, -0.25) is 0 Å². The van der Waals surface area contributed by atoms with Crippen LogP contribution < -0.4 is 5.73 Å². The van der Waals surface area contributed by atoms with Crippen molar-refractivity contribution < 1.29 is 14.3 Å². The number of carboxylic acids is 1. The highest BCUT2D eigenvalue weighted by molar-refractivity contribution is 5.90. The summed E-state index contributed by atoms with van der Waals surface area (Å²) >= 11 is 0. The summed E-state index contributed by atoms with van der Waals surface area (Å²) in [7, 11) is 0. The number of aromatic carboxylic acids is 1. The van der Waals surface area contributed by atoms with Crippen LogP contribution in [0, 0.1) is 0 Å². The van der Waals surface area contributed by atoms with Crippen molar-refractivity contribution in [2.75, 3.05) is 5.73 Å². The Balaban J connectivity index is 2.67. The molecular formula is C7H5N3O3. The van der Waals surface area contributed by atoms with Gasteiger partial charge in [0.2, 0.25) is 5.65 Å². The molecule has 2 aromatic rings. The van der Waals surface area contributed by atoms with Crippen LogP contribution in [0.1, 0.15) is 10.4 Å². The Kier molecular flexibility index (Phi) is 1.42. The highest BCUT2D eigenvalue weighted by Crippen LogP contribution is 2.15. The van der Waals surface area contributed by atoms with E-state index in [9.17, 15) is 4.79 Å². The molecule has 0 saturated carbocycles. The van der Waals surface area contributed by atoms with Crippen LogP contribution in [-0.2, 0) is 0 Å². The van der Waals surface area contributed by atoms with E-state index in [1.807, 2.05) is 0 Å². The Bertz CT molecular complexity index is 477. The zero-order valence-corrected chi connectivity index (χ0v) is 6.39. The van der Waals surface area contributed by atoms with E-state index < -0.39 is 5.97 Å². The van der Waals surface area contributed by atoms with E-state index in [4.69, 9.17) is 15.3 Å². The highest BCUT2D eigenvalue weighted by atomic mass is 16.4. The normalized spacial score (nSPS) is 10.5. The Morgan fingerprint density at radius 3 is 3.08 bits per heavy atom. The zero-order valence-electron chi connectivity index (χ0n) is 6.39. The van der Waals surface area contributed by atoms with Crippen molar-refractivity contribution in [3.63, 3.8) is 0 Å². The summed E-state index contributed by atoms with van der Waals surface area (Å²) in [5.41, 5.74) is 5.88. The summed E-state index contributed by atoms with van der Waals surface area (Å²) < 4.78 is 4.90. The molecule has 6 heteroatoms. The molecule has 0 unspecified atom stereocenters. The molecule has 2 rings (SSSR count). The molecule has 0 fully saturated rings. The maximum absolute atomic E-state index is 10.5. The molecule has 0 spiro atoms. The van der Waals surface area contributed by atoms with Gasteiger partial charge >= 0.3 is 5.97 Å². The maximum Gasteiger partial charge on any atom is 0.337 e. The summed E-state index contributed by atoms with van der Waals surface area (Å²) in [4.78, 5) is 18.0. The third kappa shape index (κ3) is 1.18. The topological polar surface area (TPSA) is 102 Å². The van der Waals surface area contributed by atoms with Crippen molar-refractivity contribution in [3.05, 3.63) is 17.8 Å². The largest absolute Gasteiger partial charge is 0.478 e. The Labute approximate surface area is 72.0 Å². The third-order valence-corrected chi connectivity index (χ3v) is 1.51. The maximum atomic E-state index is 10.5. The minimum atomic E-state index is -1.07. The number of anilines is 1. The van der Waals surface area contributed by atoms with E-state index >= 15 is 0 Å². The molecule has 6 nitrogen and oxygen atoms in total. The van der Waals surface area contributed by atoms with Gasteiger partial charge in [-0.15, -0.1) is 0 Å². The molecule has 2 heterocycles. The second-order valence-electron chi connectivity index (χ2n) is 2.40. The summed E-state index contributed by atoms with van der Waals surface area (Å²) in [6.07, 6.45) is 1.20. The van der Waals surface area contributed by atoms with Crippen LogP contribution in [-0.4, -0.2) is 21.0 Å². The fraction of sp³-hybridized carbons (Fsp3) is 0. The van der Waals surface area contributed by atoms with Crippen LogP contribution in [0.4, 0.5) is 6.01 Å². The molecule has 0 aromatic carbocycles. The van der Waals surface area contributed by atoms with Crippen molar-refractivity contribution in [2.24, 2.45) is 0 Å². The zero-order chi connectivity index (χ0) is 9.42. The van der Waals surface area contributed by atoms with E-state index in [1.54, 1.807) is 0 Å². The first-order chi connectivity index (χ1) is 6.16. The van der Waals surface area contributed by atoms with E-state index in [-0.39, 0.29) is 17.2 Å². The first kappa shape index (κ1) is 7.53.